The Morgan fingerprint density at radius 2 is 1.95 bits per heavy atom. The molecule has 4 heteroatoms. The highest BCUT2D eigenvalue weighted by Crippen LogP contribution is 2.15. The van der Waals surface area contributed by atoms with Crippen molar-refractivity contribution in [2.75, 3.05) is 11.9 Å². The van der Waals surface area contributed by atoms with Crippen molar-refractivity contribution >= 4 is 27.6 Å². The number of rotatable bonds is 8. The lowest BCUT2D eigenvalue weighted by Gasteiger charge is -2.13. The Morgan fingerprint density at radius 3 is 2.59 bits per heavy atom. The van der Waals surface area contributed by atoms with E-state index in [0.29, 0.717) is 6.61 Å². The number of unbranched alkanes of at least 4 members (excludes halogenated alkanes) is 4. The second kappa shape index (κ2) is 11.1. The van der Waals surface area contributed by atoms with Gasteiger partial charge in [-0.2, -0.15) is 0 Å². The molecule has 1 N–H and O–H groups in total. The van der Waals surface area contributed by atoms with E-state index in [2.05, 4.69) is 40.0 Å². The van der Waals surface area contributed by atoms with Gasteiger partial charge in [0.1, 0.15) is 0 Å². The van der Waals surface area contributed by atoms with Gasteiger partial charge in [-0.3, -0.25) is 0 Å². The number of carbonyl (C=O) groups excluding carboxylic acids is 1. The van der Waals surface area contributed by atoms with E-state index in [4.69, 9.17) is 4.74 Å². The maximum Gasteiger partial charge on any atom is 0.341 e. The second-order valence-electron chi connectivity index (χ2n) is 4.97. The Balaban J connectivity index is 2.61. The molecule has 120 valence electrons. The first kappa shape index (κ1) is 18.6. The van der Waals surface area contributed by atoms with Crippen molar-refractivity contribution in [2.24, 2.45) is 0 Å². The molecular formula is C18H24BrNO2. The SMILES string of the molecule is CCCCCCC#C[C@H](Nc1ccc(Br)cc1)C(=O)OCC. The third kappa shape index (κ3) is 7.51. The molecule has 1 atom stereocenters. The zero-order chi connectivity index (χ0) is 16.2. The molecule has 0 bridgehead atoms. The fourth-order valence-corrected chi connectivity index (χ4v) is 2.17. The highest BCUT2D eigenvalue weighted by atomic mass is 79.9. The molecule has 1 aromatic rings. The summed E-state index contributed by atoms with van der Waals surface area (Å²) < 4.78 is 6.08. The molecule has 0 aliphatic rings. The van der Waals surface area contributed by atoms with Gasteiger partial charge in [0.2, 0.25) is 0 Å². The number of esters is 1. The van der Waals surface area contributed by atoms with E-state index in [1.54, 1.807) is 6.92 Å². The van der Waals surface area contributed by atoms with E-state index in [9.17, 15) is 4.79 Å². The molecule has 22 heavy (non-hydrogen) atoms. The molecule has 0 amide bonds. The normalized spacial score (nSPS) is 11.2. The van der Waals surface area contributed by atoms with Crippen molar-refractivity contribution < 1.29 is 9.53 Å². The van der Waals surface area contributed by atoms with Gasteiger partial charge < -0.3 is 10.1 Å². The van der Waals surface area contributed by atoms with Gasteiger partial charge in [-0.05, 0) is 37.6 Å². The lowest BCUT2D eigenvalue weighted by molar-refractivity contribution is -0.142. The van der Waals surface area contributed by atoms with Crippen LogP contribution in [0.25, 0.3) is 0 Å². The molecule has 0 heterocycles. The quantitative estimate of drug-likeness (QED) is 0.409. The number of anilines is 1. The third-order valence-corrected chi connectivity index (χ3v) is 3.61. The number of hydrogen-bond donors (Lipinski definition) is 1. The zero-order valence-electron chi connectivity index (χ0n) is 13.3. The molecule has 1 aromatic carbocycles. The minimum absolute atomic E-state index is 0.327. The molecule has 3 nitrogen and oxygen atoms in total. The van der Waals surface area contributed by atoms with E-state index in [0.717, 1.165) is 23.0 Å². The molecule has 0 saturated carbocycles. The summed E-state index contributed by atoms with van der Waals surface area (Å²) in [6.07, 6.45) is 5.53. The minimum Gasteiger partial charge on any atom is -0.464 e. The zero-order valence-corrected chi connectivity index (χ0v) is 14.9. The van der Waals surface area contributed by atoms with E-state index < -0.39 is 6.04 Å². The maximum atomic E-state index is 12.0. The van der Waals surface area contributed by atoms with Gasteiger partial charge in [-0.1, -0.05) is 48.0 Å². The van der Waals surface area contributed by atoms with Crippen LogP contribution in [0.4, 0.5) is 5.69 Å². The van der Waals surface area contributed by atoms with Crippen LogP contribution in [0.5, 0.6) is 0 Å². The molecule has 0 aliphatic heterocycles. The minimum atomic E-state index is -0.618. The smallest absolute Gasteiger partial charge is 0.341 e. The van der Waals surface area contributed by atoms with E-state index >= 15 is 0 Å². The summed E-state index contributed by atoms with van der Waals surface area (Å²) >= 11 is 3.39. The average Bonchev–Trinajstić information content (AvgIpc) is 2.51. The molecule has 0 radical (unpaired) electrons. The van der Waals surface area contributed by atoms with Crippen LogP contribution in [0.1, 0.15) is 46.0 Å². The molecule has 0 unspecified atom stereocenters. The summed E-state index contributed by atoms with van der Waals surface area (Å²) in [6.45, 7) is 4.34. The van der Waals surface area contributed by atoms with E-state index in [1.165, 1.54) is 19.3 Å². The maximum absolute atomic E-state index is 12.0. The Bertz CT molecular complexity index is 502. The lowest BCUT2D eigenvalue weighted by Crippen LogP contribution is -2.30. The number of hydrogen-bond acceptors (Lipinski definition) is 3. The van der Waals surface area contributed by atoms with Gasteiger partial charge in [-0.15, -0.1) is 5.92 Å². The topological polar surface area (TPSA) is 38.3 Å². The average molecular weight is 366 g/mol. The van der Waals surface area contributed by atoms with Crippen LogP contribution in [-0.4, -0.2) is 18.6 Å². The van der Waals surface area contributed by atoms with Crippen LogP contribution in [0.2, 0.25) is 0 Å². The molecule has 0 aromatic heterocycles. The first-order valence-electron chi connectivity index (χ1n) is 7.84. The fourth-order valence-electron chi connectivity index (χ4n) is 1.91. The molecule has 0 saturated heterocycles. The van der Waals surface area contributed by atoms with Crippen molar-refractivity contribution in [3.8, 4) is 11.8 Å². The number of carbonyl (C=O) groups is 1. The highest BCUT2D eigenvalue weighted by molar-refractivity contribution is 9.10. The number of halogens is 1. The summed E-state index contributed by atoms with van der Waals surface area (Å²) in [5.74, 6) is 5.76. The predicted molar refractivity (Wildman–Crippen MR) is 94.7 cm³/mol. The molecule has 0 aliphatic carbocycles. The van der Waals surface area contributed by atoms with E-state index in [1.807, 2.05) is 24.3 Å². The summed E-state index contributed by atoms with van der Waals surface area (Å²) in [6, 6.07) is 7.02. The predicted octanol–water partition coefficient (Wildman–Crippen LogP) is 4.77. The molecule has 0 fully saturated rings. The molecule has 0 spiro atoms. The highest BCUT2D eigenvalue weighted by Gasteiger charge is 2.16. The molecular weight excluding hydrogens is 342 g/mol. The first-order chi connectivity index (χ1) is 10.7. The lowest BCUT2D eigenvalue weighted by atomic mass is 10.1. The van der Waals surface area contributed by atoms with Crippen LogP contribution < -0.4 is 5.32 Å². The van der Waals surface area contributed by atoms with Gasteiger partial charge >= 0.3 is 5.97 Å². The van der Waals surface area contributed by atoms with Crippen molar-refractivity contribution in [1.82, 2.24) is 0 Å². The van der Waals surface area contributed by atoms with Crippen molar-refractivity contribution in [3.63, 3.8) is 0 Å². The van der Waals surface area contributed by atoms with Crippen LogP contribution in [-0.2, 0) is 9.53 Å². The Morgan fingerprint density at radius 1 is 1.23 bits per heavy atom. The van der Waals surface area contributed by atoms with Crippen LogP contribution in [0.15, 0.2) is 28.7 Å². The van der Waals surface area contributed by atoms with Crippen molar-refractivity contribution in [2.45, 2.75) is 52.0 Å². The number of benzene rings is 1. The van der Waals surface area contributed by atoms with Crippen molar-refractivity contribution in [3.05, 3.63) is 28.7 Å². The third-order valence-electron chi connectivity index (χ3n) is 3.08. The van der Waals surface area contributed by atoms with Gasteiger partial charge in [0, 0.05) is 16.6 Å². The van der Waals surface area contributed by atoms with Crippen LogP contribution in [0.3, 0.4) is 0 Å². The second-order valence-corrected chi connectivity index (χ2v) is 5.88. The van der Waals surface area contributed by atoms with Gasteiger partial charge in [-0.25, -0.2) is 4.79 Å². The van der Waals surface area contributed by atoms with Gasteiger partial charge in [0.25, 0.3) is 0 Å². The van der Waals surface area contributed by atoms with Crippen molar-refractivity contribution in [1.29, 1.82) is 0 Å². The Hall–Kier alpha value is -1.47. The largest absolute Gasteiger partial charge is 0.464 e. The Kier molecular flexibility index (Phi) is 9.41. The van der Waals surface area contributed by atoms with Crippen LogP contribution in [0, 0.1) is 11.8 Å². The van der Waals surface area contributed by atoms with Gasteiger partial charge in [0.05, 0.1) is 6.61 Å². The van der Waals surface area contributed by atoms with Crippen LogP contribution >= 0.6 is 15.9 Å². The van der Waals surface area contributed by atoms with E-state index in [-0.39, 0.29) is 5.97 Å². The Labute approximate surface area is 142 Å². The summed E-state index contributed by atoms with van der Waals surface area (Å²) in [4.78, 5) is 12.0. The first-order valence-corrected chi connectivity index (χ1v) is 8.63. The fraction of sp³-hybridized carbons (Fsp3) is 0.500. The summed E-state index contributed by atoms with van der Waals surface area (Å²) in [5.41, 5.74) is 0.849. The monoisotopic (exact) mass is 365 g/mol. The summed E-state index contributed by atoms with van der Waals surface area (Å²) in [5, 5.41) is 3.12. The standard InChI is InChI=1S/C18H24BrNO2/c1-3-5-6-7-8-9-10-17(18(21)22-4-2)20-16-13-11-15(19)12-14-16/h11-14,17,20H,3-8H2,1-2H3/t17-/m0/s1. The number of ether oxygens (including phenoxy) is 1. The summed E-state index contributed by atoms with van der Waals surface area (Å²) in [7, 11) is 0. The molecule has 1 rings (SSSR count). The van der Waals surface area contributed by atoms with Gasteiger partial charge in [0.15, 0.2) is 6.04 Å². The number of nitrogens with one attached hydrogen (secondary N) is 1.